The van der Waals surface area contributed by atoms with Crippen molar-refractivity contribution in [2.45, 2.75) is 45.1 Å². The van der Waals surface area contributed by atoms with Gasteiger partial charge in [-0.25, -0.2) is 9.59 Å². The number of hydrogen-bond donors (Lipinski definition) is 1. The summed E-state index contributed by atoms with van der Waals surface area (Å²) in [6, 6.07) is -3.53. The Morgan fingerprint density at radius 3 is 2.67 bits per heavy atom. The van der Waals surface area contributed by atoms with Crippen molar-refractivity contribution in [2.24, 2.45) is 0 Å². The minimum absolute atomic E-state index is 0.326. The topological polar surface area (TPSA) is 66.8 Å². The number of aliphatic carboxylic acids is 1. The van der Waals surface area contributed by atoms with Crippen molar-refractivity contribution in [3.05, 3.63) is 0 Å². The van der Waals surface area contributed by atoms with Gasteiger partial charge in [-0.15, -0.1) is 0 Å². The first-order valence-corrected chi connectivity index (χ1v) is 4.21. The second-order valence-corrected chi connectivity index (χ2v) is 3.83. The first kappa shape index (κ1) is 5.18. The summed E-state index contributed by atoms with van der Waals surface area (Å²) >= 11 is 0. The third kappa shape index (κ3) is 3.11. The molecule has 1 aliphatic rings. The quantitative estimate of drug-likeness (QED) is 0.729. The monoisotopic (exact) mass is 222 g/mol. The molecule has 1 fully saturated rings. The maximum atomic E-state index is 12.1. The Labute approximate surface area is 98.8 Å². The molecule has 1 heterocycles. The van der Waals surface area contributed by atoms with E-state index >= 15 is 0 Å². The molecule has 0 aromatic rings. The van der Waals surface area contributed by atoms with E-state index in [1.165, 1.54) is 20.8 Å². The van der Waals surface area contributed by atoms with Crippen LogP contribution in [0.5, 0.6) is 0 Å². The van der Waals surface area contributed by atoms with E-state index in [2.05, 4.69) is 0 Å². The van der Waals surface area contributed by atoms with E-state index in [1.807, 2.05) is 0 Å². The average Bonchev–Trinajstić information content (AvgIpc) is 2.31. The zero-order valence-corrected chi connectivity index (χ0v) is 8.62. The first-order chi connectivity index (χ1) is 9.44. The second-order valence-electron chi connectivity index (χ2n) is 3.83. The zero-order valence-electron chi connectivity index (χ0n) is 15.6. The Kier molecular flexibility index (Phi) is 1.41. The van der Waals surface area contributed by atoms with Gasteiger partial charge in [-0.1, -0.05) is 0 Å². The number of carbonyl (C=O) groups excluding carboxylic acids is 1. The molecule has 0 saturated carbocycles. The molecule has 1 N–H and O–H groups in total. The molecule has 0 aliphatic carbocycles. The van der Waals surface area contributed by atoms with Crippen LogP contribution in [-0.2, 0) is 9.53 Å². The SMILES string of the molecule is [2H]C1([2H])N(C(=O)OC(C)(C)C)C([2H])(C(=O)O)C([2H])([2H])C1([2H])[2H]. The molecular formula is C10H17NO4. The molecule has 15 heavy (non-hydrogen) atoms. The second kappa shape index (κ2) is 4.08. The molecule has 5 nitrogen and oxygen atoms in total. The fourth-order valence-electron chi connectivity index (χ4n) is 0.848. The van der Waals surface area contributed by atoms with Crippen molar-refractivity contribution < 1.29 is 29.0 Å². The van der Waals surface area contributed by atoms with Gasteiger partial charge < -0.3 is 9.84 Å². The van der Waals surface area contributed by atoms with Gasteiger partial charge >= 0.3 is 12.1 Å². The van der Waals surface area contributed by atoms with E-state index in [0.717, 1.165) is 0 Å². The maximum Gasteiger partial charge on any atom is 0.411 e. The zero-order chi connectivity index (χ0) is 17.9. The van der Waals surface area contributed by atoms with Gasteiger partial charge in [0.25, 0.3) is 0 Å². The third-order valence-corrected chi connectivity index (χ3v) is 1.35. The summed E-state index contributed by atoms with van der Waals surface area (Å²) in [5.74, 6) is -2.20. The van der Waals surface area contributed by atoms with Gasteiger partial charge in [0.15, 0.2) is 0 Å². The van der Waals surface area contributed by atoms with Gasteiger partial charge in [-0.3, -0.25) is 4.90 Å². The van der Waals surface area contributed by atoms with Gasteiger partial charge in [0.1, 0.15) is 11.6 Å². The minimum atomic E-state index is -3.53. The normalized spacial score (nSPS) is 43.4. The smallest absolute Gasteiger partial charge is 0.411 e. The molecule has 0 aromatic heterocycles. The number of likely N-dealkylation sites (tertiary alicyclic amines) is 1. The molecule has 1 saturated heterocycles. The van der Waals surface area contributed by atoms with E-state index in [4.69, 9.17) is 14.3 Å². The van der Waals surface area contributed by atoms with Crippen molar-refractivity contribution in [3.8, 4) is 0 Å². The maximum absolute atomic E-state index is 12.1. The number of carbonyl (C=O) groups is 2. The average molecular weight is 222 g/mol. The van der Waals surface area contributed by atoms with E-state index in [1.54, 1.807) is 0 Å². The molecule has 1 amide bonds. The molecule has 1 aliphatic heterocycles. The summed E-state index contributed by atoms with van der Waals surface area (Å²) in [5.41, 5.74) is -1.17. The van der Waals surface area contributed by atoms with Gasteiger partial charge in [-0.2, -0.15) is 0 Å². The highest BCUT2D eigenvalue weighted by atomic mass is 16.6. The Balaban J connectivity index is 3.58. The molecule has 86 valence electrons. The van der Waals surface area contributed by atoms with Crippen LogP contribution in [0.15, 0.2) is 0 Å². The summed E-state index contributed by atoms with van der Waals surface area (Å²) in [7, 11) is 0. The molecule has 0 bridgehead atoms. The number of ether oxygens (including phenoxy) is 1. The number of carboxylic acids is 1. The van der Waals surface area contributed by atoms with Gasteiger partial charge in [0, 0.05) is 14.7 Å². The van der Waals surface area contributed by atoms with Crippen molar-refractivity contribution in [3.63, 3.8) is 0 Å². The molecule has 0 spiro atoms. The first-order valence-electron chi connectivity index (χ1n) is 7.71. The molecule has 5 heteroatoms. The lowest BCUT2D eigenvalue weighted by molar-refractivity contribution is -0.142. The fourth-order valence-corrected chi connectivity index (χ4v) is 0.848. The Bertz CT molecular complexity index is 516. The van der Waals surface area contributed by atoms with Gasteiger partial charge in [-0.05, 0) is 33.5 Å². The highest BCUT2D eigenvalue weighted by Gasteiger charge is 2.36. The van der Waals surface area contributed by atoms with Crippen LogP contribution in [0.1, 0.15) is 43.1 Å². The highest BCUT2D eigenvalue weighted by Crippen LogP contribution is 2.20. The number of hydrogen-bond acceptors (Lipinski definition) is 3. The van der Waals surface area contributed by atoms with E-state index in [9.17, 15) is 14.7 Å². The van der Waals surface area contributed by atoms with Crippen LogP contribution in [0, 0.1) is 0 Å². The Hall–Kier alpha value is -1.26. The summed E-state index contributed by atoms with van der Waals surface area (Å²) in [5, 5.41) is 9.18. The molecule has 0 radical (unpaired) electrons. The molecular weight excluding hydrogens is 198 g/mol. The summed E-state index contributed by atoms with van der Waals surface area (Å²) in [6.45, 7) is 0.823. The highest BCUT2D eigenvalue weighted by molar-refractivity contribution is 5.80. The van der Waals surface area contributed by atoms with Crippen molar-refractivity contribution in [2.75, 3.05) is 6.50 Å². The number of nitrogens with zero attached hydrogens (tertiary/aromatic N) is 1. The van der Waals surface area contributed by atoms with Crippen LogP contribution in [-0.4, -0.2) is 40.2 Å². The predicted octanol–water partition coefficient (Wildman–Crippen LogP) is 1.47. The standard InChI is InChI=1S/C10H17NO4/c1-10(2,3)15-9(14)11-6-4-5-7(11)8(12)13/h7H,4-6H2,1-3H3,(H,12,13)/i4D2,5D2,6D2,7D. The third-order valence-electron chi connectivity index (χ3n) is 1.35. The predicted molar refractivity (Wildman–Crippen MR) is 53.6 cm³/mol. The molecule has 1 rings (SSSR count). The van der Waals surface area contributed by atoms with Crippen molar-refractivity contribution in [1.29, 1.82) is 0 Å². The summed E-state index contributed by atoms with van der Waals surface area (Å²) in [6.07, 6.45) is -8.59. The minimum Gasteiger partial charge on any atom is -0.480 e. The number of amides is 1. The van der Waals surface area contributed by atoms with Gasteiger partial charge in [0.2, 0.25) is 0 Å². The lowest BCUT2D eigenvalue weighted by Crippen LogP contribution is -2.43. The van der Waals surface area contributed by atoms with Crippen LogP contribution < -0.4 is 0 Å². The van der Waals surface area contributed by atoms with E-state index in [0.29, 0.717) is 0 Å². The molecule has 0 aromatic carbocycles. The largest absolute Gasteiger partial charge is 0.480 e. The van der Waals surface area contributed by atoms with Crippen LogP contribution in [0.25, 0.3) is 0 Å². The van der Waals surface area contributed by atoms with Crippen molar-refractivity contribution >= 4 is 12.1 Å². The van der Waals surface area contributed by atoms with Crippen LogP contribution >= 0.6 is 0 Å². The molecule has 1 unspecified atom stereocenters. The Morgan fingerprint density at radius 2 is 2.20 bits per heavy atom. The van der Waals surface area contributed by atoms with E-state index in [-0.39, 0.29) is 4.90 Å². The molecule has 1 atom stereocenters. The number of carboxylic acid groups (broad SMARTS) is 1. The van der Waals surface area contributed by atoms with Crippen LogP contribution in [0.2, 0.25) is 0 Å². The summed E-state index contributed by atoms with van der Waals surface area (Å²) < 4.78 is 58.4. The summed E-state index contributed by atoms with van der Waals surface area (Å²) in [4.78, 5) is 23.2. The lowest BCUT2D eigenvalue weighted by atomic mass is 10.2. The van der Waals surface area contributed by atoms with Crippen LogP contribution in [0.4, 0.5) is 4.79 Å². The fraction of sp³-hybridized carbons (Fsp3) is 0.800. The van der Waals surface area contributed by atoms with Crippen molar-refractivity contribution in [1.82, 2.24) is 4.90 Å². The lowest BCUT2D eigenvalue weighted by Gasteiger charge is -2.26. The van der Waals surface area contributed by atoms with E-state index < -0.39 is 42.9 Å². The Morgan fingerprint density at radius 1 is 1.60 bits per heavy atom. The van der Waals surface area contributed by atoms with Crippen LogP contribution in [0.3, 0.4) is 0 Å². The van der Waals surface area contributed by atoms with Gasteiger partial charge in [0.05, 0.1) is 1.37 Å². The number of rotatable bonds is 1.